The number of esters is 1. The molecule has 136 valence electrons. The highest BCUT2D eigenvalue weighted by atomic mass is 79.9. The molecule has 5 heteroatoms. The van der Waals surface area contributed by atoms with Crippen LogP contribution < -0.4 is 0 Å². The highest BCUT2D eigenvalue weighted by molar-refractivity contribution is 9.12. The maximum Gasteiger partial charge on any atom is 0.340 e. The lowest BCUT2D eigenvalue weighted by Gasteiger charge is -2.16. The molecule has 3 atom stereocenters. The molecule has 23 heavy (non-hydrogen) atoms. The summed E-state index contributed by atoms with van der Waals surface area (Å²) in [7, 11) is 0. The molecule has 1 fully saturated rings. The number of rotatable bonds is 14. The summed E-state index contributed by atoms with van der Waals surface area (Å²) in [6, 6.07) is 0. The molecule has 3 nitrogen and oxygen atoms in total. The van der Waals surface area contributed by atoms with Gasteiger partial charge >= 0.3 is 5.97 Å². The van der Waals surface area contributed by atoms with E-state index in [4.69, 9.17) is 9.47 Å². The molecule has 3 unspecified atom stereocenters. The second kappa shape index (κ2) is 11.9. The number of hydrogen-bond donors (Lipinski definition) is 0. The summed E-state index contributed by atoms with van der Waals surface area (Å²) in [6.07, 6.45) is 11.1. The van der Waals surface area contributed by atoms with Crippen LogP contribution in [0.15, 0.2) is 0 Å². The van der Waals surface area contributed by atoms with E-state index in [2.05, 4.69) is 45.7 Å². The number of alkyl halides is 2. The molecule has 0 aromatic heterocycles. The van der Waals surface area contributed by atoms with Gasteiger partial charge in [-0.05, 0) is 32.1 Å². The van der Waals surface area contributed by atoms with E-state index in [9.17, 15) is 4.79 Å². The summed E-state index contributed by atoms with van der Waals surface area (Å²) >= 11 is 7.52. The van der Waals surface area contributed by atoms with Crippen molar-refractivity contribution in [3.63, 3.8) is 0 Å². The van der Waals surface area contributed by atoms with Crippen LogP contribution >= 0.6 is 31.9 Å². The fourth-order valence-electron chi connectivity index (χ4n) is 2.63. The van der Waals surface area contributed by atoms with Crippen LogP contribution in [0, 0.1) is 0 Å². The van der Waals surface area contributed by atoms with Crippen LogP contribution in [0.2, 0.25) is 0 Å². The Morgan fingerprint density at radius 3 is 2.30 bits per heavy atom. The van der Waals surface area contributed by atoms with Gasteiger partial charge in [0.2, 0.25) is 0 Å². The van der Waals surface area contributed by atoms with Gasteiger partial charge in [-0.2, -0.15) is 0 Å². The zero-order chi connectivity index (χ0) is 17.1. The molecule has 0 aromatic rings. The van der Waals surface area contributed by atoms with Gasteiger partial charge in [0, 0.05) is 9.65 Å². The number of halogens is 2. The maximum atomic E-state index is 12.0. The first-order valence-corrected chi connectivity index (χ1v) is 11.0. The Morgan fingerprint density at radius 2 is 1.70 bits per heavy atom. The third-order valence-corrected chi connectivity index (χ3v) is 7.26. The van der Waals surface area contributed by atoms with Gasteiger partial charge in [-0.3, -0.25) is 0 Å². The van der Waals surface area contributed by atoms with Gasteiger partial charge in [0.05, 0.1) is 13.2 Å². The SMILES string of the molecule is CCCCOC(=O)C1(CCCCCCC(Br)C(Br)CCC)CO1. The summed E-state index contributed by atoms with van der Waals surface area (Å²) in [5, 5.41) is 0. The summed E-state index contributed by atoms with van der Waals surface area (Å²) in [5.74, 6) is -0.145. The fourth-order valence-corrected chi connectivity index (χ4v) is 3.94. The van der Waals surface area contributed by atoms with Gasteiger partial charge in [-0.25, -0.2) is 4.79 Å². The molecule has 0 aliphatic carbocycles. The lowest BCUT2D eigenvalue weighted by molar-refractivity contribution is -0.150. The maximum absolute atomic E-state index is 12.0. The van der Waals surface area contributed by atoms with E-state index in [1.165, 1.54) is 32.1 Å². The van der Waals surface area contributed by atoms with Crippen LogP contribution in [0.5, 0.6) is 0 Å². The van der Waals surface area contributed by atoms with Crippen molar-refractivity contribution in [2.24, 2.45) is 0 Å². The van der Waals surface area contributed by atoms with Gasteiger partial charge in [0.25, 0.3) is 0 Å². The molecule has 1 saturated heterocycles. The minimum Gasteiger partial charge on any atom is -0.463 e. The predicted octanol–water partition coefficient (Wildman–Crippen LogP) is 5.77. The predicted molar refractivity (Wildman–Crippen MR) is 103 cm³/mol. The third-order valence-electron chi connectivity index (χ3n) is 4.36. The third kappa shape index (κ3) is 8.35. The second-order valence-corrected chi connectivity index (χ2v) is 8.90. The molecule has 0 radical (unpaired) electrons. The van der Waals surface area contributed by atoms with Crippen LogP contribution in [0.25, 0.3) is 0 Å². The van der Waals surface area contributed by atoms with Gasteiger partial charge in [-0.1, -0.05) is 77.8 Å². The zero-order valence-electron chi connectivity index (χ0n) is 14.6. The molecule has 1 heterocycles. The summed E-state index contributed by atoms with van der Waals surface area (Å²) in [5.41, 5.74) is -0.590. The van der Waals surface area contributed by atoms with Crippen molar-refractivity contribution in [1.82, 2.24) is 0 Å². The first kappa shape index (κ1) is 21.4. The van der Waals surface area contributed by atoms with Crippen molar-refractivity contribution in [3.8, 4) is 0 Å². The molecule has 0 amide bonds. The highest BCUT2D eigenvalue weighted by Gasteiger charge is 2.52. The van der Waals surface area contributed by atoms with Crippen LogP contribution in [0.4, 0.5) is 0 Å². The normalized spacial score (nSPS) is 22.6. The van der Waals surface area contributed by atoms with Crippen molar-refractivity contribution in [2.75, 3.05) is 13.2 Å². The van der Waals surface area contributed by atoms with E-state index in [1.807, 2.05) is 0 Å². The fraction of sp³-hybridized carbons (Fsp3) is 0.944. The summed E-state index contributed by atoms with van der Waals surface area (Å²) < 4.78 is 10.7. The van der Waals surface area contributed by atoms with Gasteiger partial charge < -0.3 is 9.47 Å². The standard InChI is InChI=1S/C18H32Br2O3/c1-3-5-13-22-17(21)18(14-23-18)12-9-7-6-8-11-16(20)15(19)10-4-2/h15-16H,3-14H2,1-2H3. The summed E-state index contributed by atoms with van der Waals surface area (Å²) in [6.45, 7) is 5.38. The highest BCUT2D eigenvalue weighted by Crippen LogP contribution is 2.34. The topological polar surface area (TPSA) is 38.8 Å². The Hall–Kier alpha value is 0.390. The number of carbonyl (C=O) groups is 1. The molecule has 0 bridgehead atoms. The lowest BCUT2D eigenvalue weighted by Crippen LogP contribution is -2.27. The van der Waals surface area contributed by atoms with E-state index in [0.717, 1.165) is 32.1 Å². The minimum atomic E-state index is -0.590. The van der Waals surface area contributed by atoms with E-state index in [-0.39, 0.29) is 5.97 Å². The Labute approximate surface area is 158 Å². The summed E-state index contributed by atoms with van der Waals surface area (Å²) in [4.78, 5) is 13.1. The monoisotopic (exact) mass is 454 g/mol. The molecule has 0 aromatic carbocycles. The smallest absolute Gasteiger partial charge is 0.340 e. The van der Waals surface area contributed by atoms with Crippen LogP contribution in [0.3, 0.4) is 0 Å². The van der Waals surface area contributed by atoms with Crippen molar-refractivity contribution in [2.45, 2.75) is 93.3 Å². The van der Waals surface area contributed by atoms with Crippen molar-refractivity contribution in [1.29, 1.82) is 0 Å². The number of hydrogen-bond acceptors (Lipinski definition) is 3. The Bertz CT molecular complexity index is 332. The number of carbonyl (C=O) groups excluding carboxylic acids is 1. The number of ether oxygens (including phenoxy) is 2. The number of unbranched alkanes of at least 4 members (excludes halogenated alkanes) is 4. The first-order valence-electron chi connectivity index (χ1n) is 9.15. The molecule has 0 N–H and O–H groups in total. The second-order valence-electron chi connectivity index (χ2n) is 6.55. The first-order chi connectivity index (χ1) is 11.1. The molecular formula is C18H32Br2O3. The van der Waals surface area contributed by atoms with Crippen molar-refractivity contribution in [3.05, 3.63) is 0 Å². The quantitative estimate of drug-likeness (QED) is 0.144. The van der Waals surface area contributed by atoms with Crippen molar-refractivity contribution < 1.29 is 14.3 Å². The minimum absolute atomic E-state index is 0.145. The Balaban J connectivity index is 2.05. The van der Waals surface area contributed by atoms with Gasteiger partial charge in [0.1, 0.15) is 0 Å². The van der Waals surface area contributed by atoms with Gasteiger partial charge in [0.15, 0.2) is 5.60 Å². The van der Waals surface area contributed by atoms with Crippen molar-refractivity contribution >= 4 is 37.8 Å². The number of epoxide rings is 1. The van der Waals surface area contributed by atoms with Crippen LogP contribution in [-0.4, -0.2) is 34.4 Å². The van der Waals surface area contributed by atoms with E-state index >= 15 is 0 Å². The van der Waals surface area contributed by atoms with E-state index < -0.39 is 5.60 Å². The largest absolute Gasteiger partial charge is 0.463 e. The average molecular weight is 456 g/mol. The van der Waals surface area contributed by atoms with Crippen LogP contribution in [0.1, 0.15) is 78.1 Å². The average Bonchev–Trinajstić information content (AvgIpc) is 3.32. The lowest BCUT2D eigenvalue weighted by atomic mass is 10.0. The Morgan fingerprint density at radius 1 is 1.04 bits per heavy atom. The molecule has 0 saturated carbocycles. The molecule has 1 aliphatic heterocycles. The van der Waals surface area contributed by atoms with Crippen LogP contribution in [-0.2, 0) is 14.3 Å². The zero-order valence-corrected chi connectivity index (χ0v) is 17.8. The molecule has 1 rings (SSSR count). The Kier molecular flexibility index (Phi) is 11.1. The van der Waals surface area contributed by atoms with E-state index in [1.54, 1.807) is 0 Å². The molecule has 1 aliphatic rings. The van der Waals surface area contributed by atoms with E-state index in [0.29, 0.717) is 22.9 Å². The molecular weight excluding hydrogens is 424 g/mol. The molecule has 0 spiro atoms. The van der Waals surface area contributed by atoms with Gasteiger partial charge in [-0.15, -0.1) is 0 Å².